The highest BCUT2D eigenvalue weighted by Crippen LogP contribution is 2.29. The number of nitrogens with zero attached hydrogens (tertiary/aromatic N) is 1. The molecule has 1 aromatic rings. The summed E-state index contributed by atoms with van der Waals surface area (Å²) in [5.41, 5.74) is 3.21. The fraction of sp³-hybridized carbons (Fsp3) is 0.667. The van der Waals surface area contributed by atoms with Gasteiger partial charge in [-0.3, -0.25) is 0 Å². The smallest absolute Gasteiger partial charge is 0.00220 e. The van der Waals surface area contributed by atoms with Crippen molar-refractivity contribution in [1.29, 1.82) is 0 Å². The first kappa shape index (κ1) is 13.2. The Morgan fingerprint density at radius 2 is 1.84 bits per heavy atom. The average molecular weight is 257 g/mol. The van der Waals surface area contributed by atoms with Gasteiger partial charge in [-0.15, -0.1) is 0 Å². The average Bonchev–Trinajstić information content (AvgIpc) is 2.47. The minimum absolute atomic E-state index is 0.740. The third-order valence-corrected chi connectivity index (χ3v) is 5.14. The minimum Gasteiger partial charge on any atom is -0.303 e. The molecule has 2 aliphatic rings. The van der Waals surface area contributed by atoms with E-state index in [4.69, 9.17) is 0 Å². The molecule has 0 spiro atoms. The molecule has 104 valence electrons. The molecule has 0 aliphatic carbocycles. The molecule has 3 atom stereocenters. The van der Waals surface area contributed by atoms with Crippen LogP contribution in [-0.4, -0.2) is 24.5 Å². The lowest BCUT2D eigenvalue weighted by Gasteiger charge is -2.32. The van der Waals surface area contributed by atoms with E-state index in [1.165, 1.54) is 58.2 Å². The lowest BCUT2D eigenvalue weighted by molar-refractivity contribution is 0.169. The van der Waals surface area contributed by atoms with Gasteiger partial charge in [-0.05, 0) is 61.6 Å². The summed E-state index contributed by atoms with van der Waals surface area (Å²) in [4.78, 5) is 2.71. The number of hydrogen-bond donors (Lipinski definition) is 0. The molecule has 1 fully saturated rings. The Hall–Kier alpha value is -0.820. The maximum Gasteiger partial charge on any atom is 0.00220 e. The molecule has 0 N–H and O–H groups in total. The van der Waals surface area contributed by atoms with Gasteiger partial charge < -0.3 is 4.90 Å². The van der Waals surface area contributed by atoms with Gasteiger partial charge in [-0.2, -0.15) is 0 Å². The Morgan fingerprint density at radius 3 is 2.79 bits per heavy atom. The molecule has 0 radical (unpaired) electrons. The monoisotopic (exact) mass is 257 g/mol. The van der Waals surface area contributed by atoms with E-state index in [1.54, 1.807) is 11.1 Å². The van der Waals surface area contributed by atoms with Crippen molar-refractivity contribution in [2.75, 3.05) is 19.6 Å². The molecule has 1 saturated heterocycles. The van der Waals surface area contributed by atoms with Gasteiger partial charge in [0.2, 0.25) is 0 Å². The van der Waals surface area contributed by atoms with Crippen LogP contribution in [-0.2, 0) is 6.42 Å². The number of fused-ring (bicyclic) bond motifs is 3. The summed E-state index contributed by atoms with van der Waals surface area (Å²) in [7, 11) is 0. The highest BCUT2D eigenvalue weighted by Gasteiger charge is 2.21. The van der Waals surface area contributed by atoms with Crippen LogP contribution >= 0.6 is 0 Å². The first-order valence-corrected chi connectivity index (χ1v) is 8.13. The highest BCUT2D eigenvalue weighted by atomic mass is 15.1. The van der Waals surface area contributed by atoms with Gasteiger partial charge in [0.1, 0.15) is 0 Å². The number of piperidine rings is 1. The summed E-state index contributed by atoms with van der Waals surface area (Å²) >= 11 is 0. The van der Waals surface area contributed by atoms with Gasteiger partial charge >= 0.3 is 0 Å². The molecule has 0 saturated carbocycles. The molecule has 2 heterocycles. The zero-order valence-corrected chi connectivity index (χ0v) is 12.3. The zero-order valence-electron chi connectivity index (χ0n) is 12.3. The molecule has 3 rings (SSSR count). The third kappa shape index (κ3) is 3.20. The molecular weight excluding hydrogens is 230 g/mol. The fourth-order valence-corrected chi connectivity index (χ4v) is 3.98. The van der Waals surface area contributed by atoms with Gasteiger partial charge in [-0.1, -0.05) is 37.6 Å². The highest BCUT2D eigenvalue weighted by molar-refractivity contribution is 5.30. The van der Waals surface area contributed by atoms with Crippen LogP contribution in [0.25, 0.3) is 0 Å². The van der Waals surface area contributed by atoms with E-state index in [0.29, 0.717) is 0 Å². The first-order valence-electron chi connectivity index (χ1n) is 8.13. The second-order valence-corrected chi connectivity index (χ2v) is 6.59. The van der Waals surface area contributed by atoms with E-state index in [9.17, 15) is 0 Å². The van der Waals surface area contributed by atoms with E-state index < -0.39 is 0 Å². The van der Waals surface area contributed by atoms with E-state index >= 15 is 0 Å². The molecule has 2 aliphatic heterocycles. The Bertz CT molecular complexity index is 412. The number of hydrogen-bond acceptors (Lipinski definition) is 1. The Kier molecular flexibility index (Phi) is 4.22. The van der Waals surface area contributed by atoms with Crippen LogP contribution in [0, 0.1) is 5.92 Å². The number of rotatable bonds is 0. The Balaban J connectivity index is 1.80. The maximum atomic E-state index is 2.71. The largest absolute Gasteiger partial charge is 0.303 e. The molecule has 0 amide bonds. The third-order valence-electron chi connectivity index (χ3n) is 5.14. The summed E-state index contributed by atoms with van der Waals surface area (Å²) in [6, 6.07) is 9.14. The normalized spacial score (nSPS) is 32.2. The lowest BCUT2D eigenvalue weighted by Crippen LogP contribution is -2.36. The summed E-state index contributed by atoms with van der Waals surface area (Å²) in [6.07, 6.45) is 8.36. The van der Waals surface area contributed by atoms with Crippen molar-refractivity contribution in [3.05, 3.63) is 35.4 Å². The van der Waals surface area contributed by atoms with Crippen LogP contribution in [0.5, 0.6) is 0 Å². The van der Waals surface area contributed by atoms with Crippen molar-refractivity contribution in [2.24, 2.45) is 5.92 Å². The van der Waals surface area contributed by atoms with Gasteiger partial charge in [0.25, 0.3) is 0 Å². The summed E-state index contributed by atoms with van der Waals surface area (Å²) < 4.78 is 0. The quantitative estimate of drug-likeness (QED) is 0.672. The SMILES string of the molecule is CC1CCCC2CCCN(CCc3ccccc31)C2. The van der Waals surface area contributed by atoms with Crippen LogP contribution in [0.3, 0.4) is 0 Å². The molecule has 1 heteroatoms. The molecule has 2 bridgehead atoms. The fourth-order valence-electron chi connectivity index (χ4n) is 3.98. The van der Waals surface area contributed by atoms with Gasteiger partial charge in [-0.25, -0.2) is 0 Å². The molecular formula is C18H27N. The van der Waals surface area contributed by atoms with Crippen LogP contribution < -0.4 is 0 Å². The topological polar surface area (TPSA) is 3.24 Å². The summed E-state index contributed by atoms with van der Waals surface area (Å²) in [5, 5.41) is 0. The molecule has 3 unspecified atom stereocenters. The first-order chi connectivity index (χ1) is 9.33. The van der Waals surface area contributed by atoms with Crippen molar-refractivity contribution >= 4 is 0 Å². The van der Waals surface area contributed by atoms with Crippen molar-refractivity contribution in [3.63, 3.8) is 0 Å². The van der Waals surface area contributed by atoms with Crippen LogP contribution in [0.1, 0.15) is 56.1 Å². The second kappa shape index (κ2) is 6.09. The molecule has 1 aromatic carbocycles. The lowest BCUT2D eigenvalue weighted by atomic mass is 9.88. The predicted molar refractivity (Wildman–Crippen MR) is 81.6 cm³/mol. The summed E-state index contributed by atoms with van der Waals surface area (Å²) in [5.74, 6) is 1.71. The summed E-state index contributed by atoms with van der Waals surface area (Å²) in [6.45, 7) is 6.37. The Morgan fingerprint density at radius 1 is 1.00 bits per heavy atom. The van der Waals surface area contributed by atoms with E-state index in [-0.39, 0.29) is 0 Å². The van der Waals surface area contributed by atoms with Crippen molar-refractivity contribution in [1.82, 2.24) is 4.90 Å². The van der Waals surface area contributed by atoms with E-state index in [0.717, 1.165) is 11.8 Å². The van der Waals surface area contributed by atoms with Crippen molar-refractivity contribution < 1.29 is 0 Å². The van der Waals surface area contributed by atoms with Crippen LogP contribution in [0.4, 0.5) is 0 Å². The van der Waals surface area contributed by atoms with Gasteiger partial charge in [0.05, 0.1) is 0 Å². The molecule has 1 nitrogen and oxygen atoms in total. The van der Waals surface area contributed by atoms with Gasteiger partial charge in [0.15, 0.2) is 0 Å². The second-order valence-electron chi connectivity index (χ2n) is 6.59. The Labute approximate surface area is 118 Å². The van der Waals surface area contributed by atoms with Crippen LogP contribution in [0.15, 0.2) is 24.3 Å². The standard InChI is InChI=1S/C18H27N/c1-15-6-4-7-16-8-5-12-19(14-16)13-11-17-9-2-3-10-18(15)17/h2-3,9-10,15-16H,4-8,11-14H2,1H3. The number of benzene rings is 1. The van der Waals surface area contributed by atoms with Crippen molar-refractivity contribution in [2.45, 2.75) is 51.4 Å². The van der Waals surface area contributed by atoms with E-state index in [1.807, 2.05) is 0 Å². The minimum atomic E-state index is 0.740. The van der Waals surface area contributed by atoms with E-state index in [2.05, 4.69) is 36.1 Å². The zero-order chi connectivity index (χ0) is 13.1. The molecule has 0 aromatic heterocycles. The van der Waals surface area contributed by atoms with Crippen LogP contribution in [0.2, 0.25) is 0 Å². The molecule has 19 heavy (non-hydrogen) atoms. The predicted octanol–water partition coefficient (Wildman–Crippen LogP) is 4.23. The van der Waals surface area contributed by atoms with Gasteiger partial charge in [0, 0.05) is 13.1 Å². The maximum absolute atomic E-state index is 2.71. The van der Waals surface area contributed by atoms with Crippen molar-refractivity contribution in [3.8, 4) is 0 Å².